The molecule has 2 unspecified atom stereocenters. The summed E-state index contributed by atoms with van der Waals surface area (Å²) in [5.74, 6) is 1.16. The Morgan fingerprint density at radius 3 is 2.77 bits per heavy atom. The van der Waals surface area contributed by atoms with Crippen LogP contribution < -0.4 is 0 Å². The fourth-order valence-electron chi connectivity index (χ4n) is 2.15. The molecule has 0 radical (unpaired) electrons. The number of hydrogen-bond acceptors (Lipinski definition) is 1. The maximum absolute atomic E-state index is 4.48. The zero-order valence-corrected chi connectivity index (χ0v) is 8.88. The summed E-state index contributed by atoms with van der Waals surface area (Å²) in [4.78, 5) is 1.12. The molecule has 0 bridgehead atoms. The third-order valence-corrected chi connectivity index (χ3v) is 3.25. The monoisotopic (exact) mass is 190 g/mol. The second kappa shape index (κ2) is 3.22. The first-order valence-corrected chi connectivity index (χ1v) is 5.11. The molecule has 2 aliphatic rings. The molecule has 0 aromatic rings. The Morgan fingerprint density at radius 1 is 1.31 bits per heavy atom. The summed E-state index contributed by atoms with van der Waals surface area (Å²) in [6.45, 7) is 4.46. The van der Waals surface area contributed by atoms with E-state index in [1.54, 1.807) is 0 Å². The second-order valence-electron chi connectivity index (χ2n) is 3.81. The van der Waals surface area contributed by atoms with Gasteiger partial charge in [-0.05, 0) is 18.4 Å². The van der Waals surface area contributed by atoms with Crippen LogP contribution in [0.25, 0.3) is 0 Å². The molecule has 13 heavy (non-hydrogen) atoms. The Morgan fingerprint density at radius 2 is 2.08 bits per heavy atom. The molecule has 0 amide bonds. The van der Waals surface area contributed by atoms with Gasteiger partial charge in [-0.1, -0.05) is 42.9 Å². The fraction of sp³-hybridized carbons (Fsp3) is 0.333. The predicted molar refractivity (Wildman–Crippen MR) is 60.7 cm³/mol. The van der Waals surface area contributed by atoms with E-state index in [1.807, 2.05) is 0 Å². The lowest BCUT2D eigenvalue weighted by atomic mass is 9.76. The first kappa shape index (κ1) is 8.89. The minimum Gasteiger partial charge on any atom is -0.143 e. The number of fused-ring (bicyclic) bond motifs is 1. The lowest BCUT2D eigenvalue weighted by Gasteiger charge is -2.30. The van der Waals surface area contributed by atoms with Gasteiger partial charge in [-0.25, -0.2) is 0 Å². The molecule has 0 saturated heterocycles. The van der Waals surface area contributed by atoms with Gasteiger partial charge >= 0.3 is 0 Å². The SMILES string of the molecule is CC1=CC=CC2=C(S)C=CC(C)C12. The highest BCUT2D eigenvalue weighted by Crippen LogP contribution is 2.38. The van der Waals surface area contributed by atoms with Crippen LogP contribution >= 0.6 is 12.6 Å². The first-order chi connectivity index (χ1) is 6.20. The van der Waals surface area contributed by atoms with E-state index in [2.05, 4.69) is 56.9 Å². The molecule has 0 nitrogen and oxygen atoms in total. The fourth-order valence-corrected chi connectivity index (χ4v) is 2.45. The molecular weight excluding hydrogens is 176 g/mol. The van der Waals surface area contributed by atoms with Crippen LogP contribution in [0, 0.1) is 11.8 Å². The van der Waals surface area contributed by atoms with Gasteiger partial charge in [0, 0.05) is 10.8 Å². The molecule has 0 aromatic carbocycles. The maximum Gasteiger partial charge on any atom is 0.0120 e. The Bertz CT molecular complexity index is 342. The molecule has 0 fully saturated rings. The molecule has 0 heterocycles. The van der Waals surface area contributed by atoms with Crippen LogP contribution in [0.1, 0.15) is 13.8 Å². The van der Waals surface area contributed by atoms with Crippen molar-refractivity contribution in [1.82, 2.24) is 0 Å². The van der Waals surface area contributed by atoms with Crippen molar-refractivity contribution in [1.29, 1.82) is 0 Å². The van der Waals surface area contributed by atoms with E-state index in [9.17, 15) is 0 Å². The molecular formula is C12H14S. The smallest absolute Gasteiger partial charge is 0.0120 e. The highest BCUT2D eigenvalue weighted by atomic mass is 32.1. The summed E-state index contributed by atoms with van der Waals surface area (Å²) in [5.41, 5.74) is 2.82. The highest BCUT2D eigenvalue weighted by Gasteiger charge is 2.25. The summed E-state index contributed by atoms with van der Waals surface area (Å²) in [6.07, 6.45) is 10.9. The molecule has 2 atom stereocenters. The average Bonchev–Trinajstić information content (AvgIpc) is 2.12. The lowest BCUT2D eigenvalue weighted by molar-refractivity contribution is 0.553. The van der Waals surface area contributed by atoms with Crippen LogP contribution in [0.2, 0.25) is 0 Å². The Kier molecular flexibility index (Phi) is 2.20. The highest BCUT2D eigenvalue weighted by molar-refractivity contribution is 7.84. The van der Waals surface area contributed by atoms with E-state index >= 15 is 0 Å². The first-order valence-electron chi connectivity index (χ1n) is 4.66. The van der Waals surface area contributed by atoms with Gasteiger partial charge in [0.1, 0.15) is 0 Å². The van der Waals surface area contributed by atoms with Gasteiger partial charge in [-0.15, -0.1) is 12.6 Å². The maximum atomic E-state index is 4.48. The van der Waals surface area contributed by atoms with Gasteiger partial charge in [-0.2, -0.15) is 0 Å². The molecule has 2 rings (SSSR count). The van der Waals surface area contributed by atoms with Gasteiger partial charge in [0.25, 0.3) is 0 Å². The van der Waals surface area contributed by atoms with Gasteiger partial charge in [0.2, 0.25) is 0 Å². The molecule has 0 aliphatic heterocycles. The third kappa shape index (κ3) is 1.42. The van der Waals surface area contributed by atoms with E-state index in [0.29, 0.717) is 11.8 Å². The number of rotatable bonds is 0. The molecule has 1 heteroatoms. The van der Waals surface area contributed by atoms with E-state index in [-0.39, 0.29) is 0 Å². The molecule has 2 aliphatic carbocycles. The van der Waals surface area contributed by atoms with E-state index in [4.69, 9.17) is 0 Å². The van der Waals surface area contributed by atoms with E-state index in [0.717, 1.165) is 4.91 Å². The molecule has 0 N–H and O–H groups in total. The van der Waals surface area contributed by atoms with Gasteiger partial charge in [0.15, 0.2) is 0 Å². The second-order valence-corrected chi connectivity index (χ2v) is 4.29. The summed E-state index contributed by atoms with van der Waals surface area (Å²) in [5, 5.41) is 0. The van der Waals surface area contributed by atoms with Crippen molar-refractivity contribution >= 4 is 12.6 Å². The number of hydrogen-bond donors (Lipinski definition) is 1. The van der Waals surface area contributed by atoms with E-state index in [1.165, 1.54) is 11.1 Å². The molecule has 68 valence electrons. The minimum absolute atomic E-state index is 0.558. The minimum atomic E-state index is 0.558. The Labute approximate surface area is 85.1 Å². The third-order valence-electron chi connectivity index (χ3n) is 2.84. The quantitative estimate of drug-likeness (QED) is 0.555. The summed E-state index contributed by atoms with van der Waals surface area (Å²) < 4.78 is 0. The summed E-state index contributed by atoms with van der Waals surface area (Å²) >= 11 is 4.48. The zero-order chi connectivity index (χ0) is 9.42. The topological polar surface area (TPSA) is 0 Å². The van der Waals surface area contributed by atoms with Crippen LogP contribution in [-0.4, -0.2) is 0 Å². The van der Waals surface area contributed by atoms with Crippen LogP contribution in [0.4, 0.5) is 0 Å². The van der Waals surface area contributed by atoms with Crippen molar-refractivity contribution < 1.29 is 0 Å². The van der Waals surface area contributed by atoms with Gasteiger partial charge in [-0.3, -0.25) is 0 Å². The van der Waals surface area contributed by atoms with Crippen molar-refractivity contribution in [3.05, 3.63) is 46.4 Å². The van der Waals surface area contributed by atoms with Crippen molar-refractivity contribution in [2.45, 2.75) is 13.8 Å². The zero-order valence-electron chi connectivity index (χ0n) is 7.99. The normalized spacial score (nSPS) is 31.8. The van der Waals surface area contributed by atoms with Crippen molar-refractivity contribution in [2.75, 3.05) is 0 Å². The molecule has 0 saturated carbocycles. The predicted octanol–water partition coefficient (Wildman–Crippen LogP) is 3.51. The van der Waals surface area contributed by atoms with Crippen molar-refractivity contribution in [3.8, 4) is 0 Å². The molecule has 0 spiro atoms. The van der Waals surface area contributed by atoms with E-state index < -0.39 is 0 Å². The number of thiol groups is 1. The van der Waals surface area contributed by atoms with Crippen LogP contribution in [-0.2, 0) is 0 Å². The average molecular weight is 190 g/mol. The van der Waals surface area contributed by atoms with Crippen LogP contribution in [0.15, 0.2) is 46.4 Å². The van der Waals surface area contributed by atoms with Gasteiger partial charge in [0.05, 0.1) is 0 Å². The van der Waals surface area contributed by atoms with Crippen LogP contribution in [0.3, 0.4) is 0 Å². The van der Waals surface area contributed by atoms with Crippen molar-refractivity contribution in [3.63, 3.8) is 0 Å². The lowest BCUT2D eigenvalue weighted by Crippen LogP contribution is -2.18. The molecule has 0 aromatic heterocycles. The largest absolute Gasteiger partial charge is 0.143 e. The summed E-state index contributed by atoms with van der Waals surface area (Å²) in [7, 11) is 0. The van der Waals surface area contributed by atoms with Crippen molar-refractivity contribution in [2.24, 2.45) is 11.8 Å². The van der Waals surface area contributed by atoms with Gasteiger partial charge < -0.3 is 0 Å². The van der Waals surface area contributed by atoms with Crippen LogP contribution in [0.5, 0.6) is 0 Å². The Hall–Kier alpha value is -0.690. The number of allylic oxidation sites excluding steroid dienone is 7. The Balaban J connectivity index is 2.48. The summed E-state index contributed by atoms with van der Waals surface area (Å²) in [6, 6.07) is 0. The standard InChI is InChI=1S/C12H14S/c1-8-4-3-5-10-11(13)7-6-9(2)12(8)10/h3-7,9,12-13H,1-2H3.